The van der Waals surface area contributed by atoms with Gasteiger partial charge in [0.25, 0.3) is 5.91 Å². The van der Waals surface area contributed by atoms with Gasteiger partial charge >= 0.3 is 0 Å². The predicted molar refractivity (Wildman–Crippen MR) is 118 cm³/mol. The van der Waals surface area contributed by atoms with Gasteiger partial charge in [-0.2, -0.15) is 0 Å². The maximum atomic E-state index is 12.5. The number of nitrogens with zero attached hydrogens (tertiary/aromatic N) is 3. The highest BCUT2D eigenvalue weighted by molar-refractivity contribution is 7.14. The summed E-state index contributed by atoms with van der Waals surface area (Å²) in [5.41, 5.74) is 4.17. The topological polar surface area (TPSA) is 69.0 Å². The molecule has 6 nitrogen and oxygen atoms in total. The van der Waals surface area contributed by atoms with Crippen LogP contribution in [-0.2, 0) is 7.05 Å². The van der Waals surface area contributed by atoms with Crippen LogP contribution in [0.25, 0.3) is 22.2 Å². The van der Waals surface area contributed by atoms with E-state index in [0.717, 1.165) is 33.6 Å². The van der Waals surface area contributed by atoms with Gasteiger partial charge < -0.3 is 9.30 Å². The lowest BCUT2D eigenvalue weighted by atomic mass is 10.1. The monoisotopic (exact) mass is 446 g/mol. The highest BCUT2D eigenvalue weighted by Crippen LogP contribution is 2.37. The van der Waals surface area contributed by atoms with Crippen LogP contribution >= 0.6 is 34.5 Å². The number of halogens is 2. The molecule has 4 aromatic rings. The minimum absolute atomic E-state index is 0.0452. The number of aromatic nitrogens is 3. The number of fused-ring (bicyclic) bond motifs is 1. The number of nitrogens with one attached hydrogen (secondary N) is 1. The molecule has 3 aromatic heterocycles. The molecule has 0 fully saturated rings. The first-order valence-corrected chi connectivity index (χ1v) is 10.2. The lowest BCUT2D eigenvalue weighted by Crippen LogP contribution is -2.12. The Morgan fingerprint density at radius 2 is 2.00 bits per heavy atom. The number of carbonyl (C=O) groups is 1. The van der Waals surface area contributed by atoms with Crippen molar-refractivity contribution in [2.75, 3.05) is 12.4 Å². The largest absolute Gasteiger partial charge is 0.497 e. The van der Waals surface area contributed by atoms with E-state index in [1.165, 1.54) is 23.5 Å². The van der Waals surface area contributed by atoms with Gasteiger partial charge in [-0.25, -0.2) is 9.97 Å². The molecule has 0 spiro atoms. The Morgan fingerprint density at radius 1 is 1.21 bits per heavy atom. The average Bonchev–Trinajstić information content (AvgIpc) is 3.24. The fourth-order valence-electron chi connectivity index (χ4n) is 3.19. The van der Waals surface area contributed by atoms with Gasteiger partial charge in [-0.1, -0.05) is 23.2 Å². The molecular formula is C20H16Cl2N4O2S. The smallest absolute Gasteiger partial charge is 0.260 e. The molecule has 9 heteroatoms. The summed E-state index contributed by atoms with van der Waals surface area (Å²) in [6.45, 7) is 2.04. The summed E-state index contributed by atoms with van der Waals surface area (Å²) < 4.78 is 7.49. The Bertz CT molecular complexity index is 1250. The second kappa shape index (κ2) is 7.67. The van der Waals surface area contributed by atoms with Gasteiger partial charge in [0.1, 0.15) is 16.1 Å². The van der Waals surface area contributed by atoms with Gasteiger partial charge in [-0.15, -0.1) is 11.3 Å². The standard InChI is InChI=1S/C20H16Cl2N4O2S/c1-10-17(13-8-11(28-3)4-6-15(13)26(10)2)14-9-29-20(23-14)25-19(27)12-5-7-16(21)24-18(12)22/h4-9H,1-3H3,(H,23,25,27). The number of rotatable bonds is 4. The molecule has 0 radical (unpaired) electrons. The molecule has 148 valence electrons. The predicted octanol–water partition coefficient (Wildman–Crippen LogP) is 5.57. The summed E-state index contributed by atoms with van der Waals surface area (Å²) in [5.74, 6) is 0.384. The highest BCUT2D eigenvalue weighted by Gasteiger charge is 2.19. The Morgan fingerprint density at radius 3 is 2.72 bits per heavy atom. The minimum atomic E-state index is -0.392. The van der Waals surface area contributed by atoms with Crippen LogP contribution in [0.15, 0.2) is 35.7 Å². The zero-order valence-electron chi connectivity index (χ0n) is 15.8. The molecule has 0 aliphatic heterocycles. The number of pyridine rings is 1. The molecule has 0 aliphatic carbocycles. The van der Waals surface area contributed by atoms with Crippen LogP contribution in [0.1, 0.15) is 16.1 Å². The number of amides is 1. The molecule has 0 aliphatic rings. The molecule has 0 saturated heterocycles. The minimum Gasteiger partial charge on any atom is -0.497 e. The molecule has 1 amide bonds. The van der Waals surface area contributed by atoms with Crippen molar-refractivity contribution in [3.8, 4) is 17.0 Å². The third-order valence-electron chi connectivity index (χ3n) is 4.74. The van der Waals surface area contributed by atoms with Crippen LogP contribution in [0, 0.1) is 6.92 Å². The molecule has 0 saturated carbocycles. The number of hydrogen-bond donors (Lipinski definition) is 1. The maximum Gasteiger partial charge on any atom is 0.260 e. The fourth-order valence-corrected chi connectivity index (χ4v) is 4.32. The van der Waals surface area contributed by atoms with Gasteiger partial charge in [0.05, 0.1) is 18.4 Å². The quantitative estimate of drug-likeness (QED) is 0.415. The zero-order valence-corrected chi connectivity index (χ0v) is 18.1. The Labute approximate surface area is 181 Å². The third kappa shape index (κ3) is 3.57. The lowest BCUT2D eigenvalue weighted by molar-refractivity contribution is 0.102. The SMILES string of the molecule is COc1ccc2c(c1)c(-c1csc(NC(=O)c3ccc(Cl)nc3Cl)n1)c(C)n2C. The number of methoxy groups -OCH3 is 1. The van der Waals surface area contributed by atoms with E-state index in [0.29, 0.717) is 5.13 Å². The third-order valence-corrected chi connectivity index (χ3v) is 6.00. The average molecular weight is 447 g/mol. The highest BCUT2D eigenvalue weighted by atomic mass is 35.5. The fraction of sp³-hybridized carbons (Fsp3) is 0.150. The van der Waals surface area contributed by atoms with Gasteiger partial charge in [0.2, 0.25) is 0 Å². The maximum absolute atomic E-state index is 12.5. The van der Waals surface area contributed by atoms with E-state index in [1.807, 2.05) is 37.6 Å². The number of benzene rings is 1. The molecule has 4 rings (SSSR count). The Balaban J connectivity index is 1.69. The number of ether oxygens (including phenoxy) is 1. The summed E-state index contributed by atoms with van der Waals surface area (Å²) in [7, 11) is 3.65. The van der Waals surface area contributed by atoms with Gasteiger partial charge in [-0.3, -0.25) is 10.1 Å². The normalized spacial score (nSPS) is 11.1. The van der Waals surface area contributed by atoms with Crippen LogP contribution in [0.2, 0.25) is 10.3 Å². The number of hydrogen-bond acceptors (Lipinski definition) is 5. The summed E-state index contributed by atoms with van der Waals surface area (Å²) in [6, 6.07) is 9.00. The lowest BCUT2D eigenvalue weighted by Gasteiger charge is -2.04. The molecule has 0 bridgehead atoms. The molecule has 1 N–H and O–H groups in total. The van der Waals surface area contributed by atoms with Crippen LogP contribution in [0.3, 0.4) is 0 Å². The number of aryl methyl sites for hydroxylation is 1. The van der Waals surface area contributed by atoms with E-state index >= 15 is 0 Å². The van der Waals surface area contributed by atoms with Crippen LogP contribution < -0.4 is 10.1 Å². The van der Waals surface area contributed by atoms with Gasteiger partial charge in [-0.05, 0) is 37.3 Å². The van der Waals surface area contributed by atoms with E-state index < -0.39 is 5.91 Å². The molecule has 1 aromatic carbocycles. The van der Waals surface area contributed by atoms with Crippen LogP contribution in [0.4, 0.5) is 5.13 Å². The van der Waals surface area contributed by atoms with E-state index in [1.54, 1.807) is 7.11 Å². The van der Waals surface area contributed by atoms with Crippen molar-refractivity contribution in [2.45, 2.75) is 6.92 Å². The molecule has 0 unspecified atom stereocenters. The summed E-state index contributed by atoms with van der Waals surface area (Å²) in [6.07, 6.45) is 0. The Kier molecular flexibility index (Phi) is 5.21. The van der Waals surface area contributed by atoms with Crippen molar-refractivity contribution in [3.63, 3.8) is 0 Å². The number of thiazole rings is 1. The zero-order chi connectivity index (χ0) is 20.7. The van der Waals surface area contributed by atoms with Crippen molar-refractivity contribution in [1.29, 1.82) is 0 Å². The summed E-state index contributed by atoms with van der Waals surface area (Å²) in [4.78, 5) is 21.0. The molecule has 3 heterocycles. The Hall–Kier alpha value is -2.61. The van der Waals surface area contributed by atoms with Crippen molar-refractivity contribution in [2.24, 2.45) is 7.05 Å². The van der Waals surface area contributed by atoms with Crippen LogP contribution in [-0.4, -0.2) is 27.6 Å². The van der Waals surface area contributed by atoms with Crippen molar-refractivity contribution in [1.82, 2.24) is 14.5 Å². The van der Waals surface area contributed by atoms with Crippen LogP contribution in [0.5, 0.6) is 5.75 Å². The first kappa shape index (κ1) is 19.7. The van der Waals surface area contributed by atoms with Crippen molar-refractivity contribution >= 4 is 56.5 Å². The second-order valence-corrected chi connectivity index (χ2v) is 7.97. The van der Waals surface area contributed by atoms with E-state index in [4.69, 9.17) is 27.9 Å². The number of carbonyl (C=O) groups excluding carboxylic acids is 1. The molecule has 29 heavy (non-hydrogen) atoms. The second-order valence-electron chi connectivity index (χ2n) is 6.37. The van der Waals surface area contributed by atoms with Crippen molar-refractivity contribution < 1.29 is 9.53 Å². The molecule has 0 atom stereocenters. The number of anilines is 1. The van der Waals surface area contributed by atoms with Gasteiger partial charge in [0.15, 0.2) is 5.13 Å². The summed E-state index contributed by atoms with van der Waals surface area (Å²) >= 11 is 13.2. The van der Waals surface area contributed by atoms with E-state index in [2.05, 4.69) is 19.9 Å². The van der Waals surface area contributed by atoms with Gasteiger partial charge in [0, 0.05) is 34.6 Å². The van der Waals surface area contributed by atoms with E-state index in [-0.39, 0.29) is 15.9 Å². The van der Waals surface area contributed by atoms with E-state index in [9.17, 15) is 4.79 Å². The first-order valence-electron chi connectivity index (χ1n) is 8.61. The van der Waals surface area contributed by atoms with Crippen molar-refractivity contribution in [3.05, 3.63) is 57.3 Å². The summed E-state index contributed by atoms with van der Waals surface area (Å²) in [5, 5.41) is 6.47. The first-order chi connectivity index (χ1) is 13.9. The molecular weight excluding hydrogens is 431 g/mol.